The van der Waals surface area contributed by atoms with Gasteiger partial charge >= 0.3 is 5.97 Å². The number of carbonyl (C=O) groups is 2. The molecule has 2 unspecified atom stereocenters. The lowest BCUT2D eigenvalue weighted by atomic mass is 9.98. The molecule has 2 atom stereocenters. The number of nitrogens with one attached hydrogen (secondary N) is 2. The second kappa shape index (κ2) is 10.6. The number of nitrogens with zero attached hydrogens (tertiary/aromatic N) is 1. The van der Waals surface area contributed by atoms with Crippen molar-refractivity contribution in [3.8, 4) is 5.75 Å². The predicted molar refractivity (Wildman–Crippen MR) is 138 cm³/mol. The van der Waals surface area contributed by atoms with Gasteiger partial charge in [0.2, 0.25) is 15.9 Å². The molecule has 11 heteroatoms. The standard InChI is InChI=1S/C26H28N4O6S/c1-36-23-15-19(14-18-5-2-3-6-20(18)23)37(34,35)29-21-7-4-12-30(25(21)31)22(26(32)33)13-16-8-10-17(11-9-16)24(27)28/h2-3,5-6,8-11,14-15,21-22,29H,4,7,12-13H2,1H3,(H3,27,28)(H,32,33). The number of amides is 1. The molecule has 0 radical (unpaired) electrons. The van der Waals surface area contributed by atoms with Crippen LogP contribution in [0, 0.1) is 5.41 Å². The minimum absolute atomic E-state index is 0.0284. The number of nitrogens with two attached hydrogens (primary N) is 1. The maximum atomic E-state index is 13.3. The zero-order valence-electron chi connectivity index (χ0n) is 20.2. The number of carboxylic acids is 1. The number of aliphatic carboxylic acids is 1. The van der Waals surface area contributed by atoms with Crippen molar-refractivity contribution in [2.75, 3.05) is 13.7 Å². The van der Waals surface area contributed by atoms with Crippen molar-refractivity contribution in [1.29, 1.82) is 5.41 Å². The van der Waals surface area contributed by atoms with E-state index in [0.29, 0.717) is 28.7 Å². The lowest BCUT2D eigenvalue weighted by Gasteiger charge is -2.36. The predicted octanol–water partition coefficient (Wildman–Crippen LogP) is 2.10. The summed E-state index contributed by atoms with van der Waals surface area (Å²) in [5.41, 5.74) is 6.63. The van der Waals surface area contributed by atoms with Crippen molar-refractivity contribution in [2.45, 2.75) is 36.2 Å². The summed E-state index contributed by atoms with van der Waals surface area (Å²) in [7, 11) is -2.66. The molecule has 1 aliphatic rings. The first-order valence-corrected chi connectivity index (χ1v) is 13.1. The Labute approximate surface area is 214 Å². The molecule has 5 N–H and O–H groups in total. The van der Waals surface area contributed by atoms with Crippen LogP contribution in [0.3, 0.4) is 0 Å². The number of nitrogen functional groups attached to an aromatic ring is 1. The number of ether oxygens (including phenoxy) is 1. The molecule has 3 aromatic rings. The first-order valence-electron chi connectivity index (χ1n) is 11.7. The first kappa shape index (κ1) is 26.1. The van der Waals surface area contributed by atoms with Crippen molar-refractivity contribution in [3.63, 3.8) is 0 Å². The number of fused-ring (bicyclic) bond motifs is 1. The van der Waals surface area contributed by atoms with Crippen LogP contribution in [-0.4, -0.2) is 61.9 Å². The minimum Gasteiger partial charge on any atom is -0.496 e. The number of carbonyl (C=O) groups excluding carboxylic acids is 1. The van der Waals surface area contributed by atoms with Gasteiger partial charge in [0.25, 0.3) is 0 Å². The van der Waals surface area contributed by atoms with E-state index >= 15 is 0 Å². The highest BCUT2D eigenvalue weighted by molar-refractivity contribution is 7.89. The summed E-state index contributed by atoms with van der Waals surface area (Å²) in [6, 6.07) is 14.4. The van der Waals surface area contributed by atoms with E-state index in [-0.39, 0.29) is 30.1 Å². The van der Waals surface area contributed by atoms with Crippen molar-refractivity contribution < 1.29 is 27.9 Å². The third-order valence-corrected chi connectivity index (χ3v) is 7.90. The van der Waals surface area contributed by atoms with Crippen molar-refractivity contribution in [1.82, 2.24) is 9.62 Å². The highest BCUT2D eigenvalue weighted by atomic mass is 32.2. The fourth-order valence-corrected chi connectivity index (χ4v) is 5.79. The summed E-state index contributed by atoms with van der Waals surface area (Å²) >= 11 is 0. The minimum atomic E-state index is -4.11. The van der Waals surface area contributed by atoms with Crippen LogP contribution in [0.2, 0.25) is 0 Å². The number of hydrogen-bond acceptors (Lipinski definition) is 6. The van der Waals surface area contributed by atoms with Gasteiger partial charge in [-0.3, -0.25) is 10.2 Å². The Morgan fingerprint density at radius 1 is 1.22 bits per heavy atom. The van der Waals surface area contributed by atoms with Crippen molar-refractivity contribution in [3.05, 3.63) is 71.8 Å². The largest absolute Gasteiger partial charge is 0.496 e. The molecule has 3 aromatic carbocycles. The summed E-state index contributed by atoms with van der Waals surface area (Å²) in [5.74, 6) is -1.49. The molecule has 194 valence electrons. The molecule has 0 bridgehead atoms. The van der Waals surface area contributed by atoms with Crippen LogP contribution in [0.15, 0.2) is 65.6 Å². The lowest BCUT2D eigenvalue weighted by molar-refractivity contribution is -0.152. The van der Waals surface area contributed by atoms with Gasteiger partial charge in [0.05, 0.1) is 12.0 Å². The van der Waals surface area contributed by atoms with Gasteiger partial charge in [-0.15, -0.1) is 0 Å². The molecular weight excluding hydrogens is 496 g/mol. The Morgan fingerprint density at radius 3 is 2.57 bits per heavy atom. The summed E-state index contributed by atoms with van der Waals surface area (Å²) in [5, 5.41) is 18.8. The SMILES string of the molecule is COc1cc(S(=O)(=O)NC2CCCN(C(Cc3ccc(C(=N)N)cc3)C(=O)O)C2=O)cc2ccccc12. The highest BCUT2D eigenvalue weighted by Crippen LogP contribution is 2.30. The second-order valence-electron chi connectivity index (χ2n) is 8.86. The van der Waals surface area contributed by atoms with E-state index in [2.05, 4.69) is 4.72 Å². The maximum Gasteiger partial charge on any atom is 0.326 e. The van der Waals surface area contributed by atoms with E-state index in [4.69, 9.17) is 15.9 Å². The van der Waals surface area contributed by atoms with E-state index in [9.17, 15) is 23.1 Å². The molecule has 37 heavy (non-hydrogen) atoms. The van der Waals surface area contributed by atoms with Gasteiger partial charge in [-0.25, -0.2) is 13.2 Å². The highest BCUT2D eigenvalue weighted by Gasteiger charge is 2.38. The summed E-state index contributed by atoms with van der Waals surface area (Å²) < 4.78 is 34.4. The van der Waals surface area contributed by atoms with Crippen LogP contribution in [0.5, 0.6) is 5.75 Å². The van der Waals surface area contributed by atoms with Gasteiger partial charge in [-0.2, -0.15) is 4.72 Å². The number of amidine groups is 1. The Kier molecular flexibility index (Phi) is 7.46. The van der Waals surface area contributed by atoms with Crippen molar-refractivity contribution >= 4 is 38.5 Å². The van der Waals surface area contributed by atoms with Gasteiger partial charge in [-0.1, -0.05) is 48.5 Å². The fraction of sp³-hybridized carbons (Fsp3) is 0.269. The smallest absolute Gasteiger partial charge is 0.326 e. The second-order valence-corrected chi connectivity index (χ2v) is 10.6. The van der Waals surface area contributed by atoms with E-state index in [0.717, 1.165) is 5.39 Å². The normalized spacial score (nSPS) is 16.9. The molecule has 0 saturated carbocycles. The fourth-order valence-electron chi connectivity index (χ4n) is 4.52. The van der Waals surface area contributed by atoms with Gasteiger partial charge in [0.15, 0.2) is 0 Å². The Morgan fingerprint density at radius 2 is 1.92 bits per heavy atom. The summed E-state index contributed by atoms with van der Waals surface area (Å²) in [6.45, 7) is 0.198. The van der Waals surface area contributed by atoms with Gasteiger partial charge in [-0.05, 0) is 29.9 Å². The molecule has 0 aromatic heterocycles. The van der Waals surface area contributed by atoms with E-state index < -0.39 is 34.0 Å². The molecule has 1 fully saturated rings. The summed E-state index contributed by atoms with van der Waals surface area (Å²) in [6.07, 6.45) is 0.715. The van der Waals surface area contributed by atoms with Gasteiger partial charge < -0.3 is 20.5 Å². The molecular formula is C26H28N4O6S. The zero-order chi connectivity index (χ0) is 26.7. The van der Waals surface area contributed by atoms with Gasteiger partial charge in [0, 0.05) is 30.0 Å². The van der Waals surface area contributed by atoms with Crippen LogP contribution in [0.1, 0.15) is 24.0 Å². The number of likely N-dealkylation sites (tertiary alicyclic amines) is 1. The molecule has 0 spiro atoms. The number of sulfonamides is 1. The number of rotatable bonds is 9. The monoisotopic (exact) mass is 524 g/mol. The molecule has 4 rings (SSSR count). The van der Waals surface area contributed by atoms with Crippen LogP contribution in [-0.2, 0) is 26.0 Å². The molecule has 1 saturated heterocycles. The molecule has 10 nitrogen and oxygen atoms in total. The Balaban J connectivity index is 1.56. The Bertz CT molecular complexity index is 1460. The number of methoxy groups -OCH3 is 1. The van der Waals surface area contributed by atoms with Crippen LogP contribution in [0.25, 0.3) is 10.8 Å². The Hall–Kier alpha value is -3.96. The van der Waals surface area contributed by atoms with Crippen LogP contribution in [0.4, 0.5) is 0 Å². The third kappa shape index (κ3) is 5.57. The number of benzene rings is 3. The number of carboxylic acid groups (broad SMARTS) is 1. The topological polar surface area (TPSA) is 163 Å². The molecule has 0 aliphatic carbocycles. The number of piperidine rings is 1. The van der Waals surface area contributed by atoms with E-state index in [1.807, 2.05) is 12.1 Å². The molecule has 1 amide bonds. The van der Waals surface area contributed by atoms with E-state index in [1.165, 1.54) is 24.1 Å². The van der Waals surface area contributed by atoms with E-state index in [1.54, 1.807) is 36.4 Å². The molecule has 1 aliphatic heterocycles. The zero-order valence-corrected chi connectivity index (χ0v) is 21.0. The van der Waals surface area contributed by atoms with Crippen LogP contribution >= 0.6 is 0 Å². The summed E-state index contributed by atoms with van der Waals surface area (Å²) in [4.78, 5) is 26.6. The molecule has 1 heterocycles. The average molecular weight is 525 g/mol. The average Bonchev–Trinajstić information content (AvgIpc) is 2.88. The first-order chi connectivity index (χ1) is 17.6. The van der Waals surface area contributed by atoms with Crippen LogP contribution < -0.4 is 15.2 Å². The third-order valence-electron chi connectivity index (χ3n) is 6.45. The lowest BCUT2D eigenvalue weighted by Crippen LogP contribution is -2.57. The maximum absolute atomic E-state index is 13.3. The quantitative estimate of drug-likeness (QED) is 0.246. The van der Waals surface area contributed by atoms with Crippen molar-refractivity contribution in [2.24, 2.45) is 5.73 Å². The van der Waals surface area contributed by atoms with Gasteiger partial charge in [0.1, 0.15) is 23.7 Å². The number of hydrogen-bond donors (Lipinski definition) is 4.